The summed E-state index contributed by atoms with van der Waals surface area (Å²) >= 11 is 0. The van der Waals surface area contributed by atoms with E-state index in [-0.39, 0.29) is 0 Å². The summed E-state index contributed by atoms with van der Waals surface area (Å²) in [4.78, 5) is 10.9. The van der Waals surface area contributed by atoms with E-state index in [4.69, 9.17) is 14.7 Å². The molecule has 0 radical (unpaired) electrons. The van der Waals surface area contributed by atoms with Gasteiger partial charge >= 0.3 is 0 Å². The molecule has 0 aliphatic carbocycles. The molecule has 5 heteroatoms. The molecule has 1 N–H and O–H groups in total. The van der Waals surface area contributed by atoms with Gasteiger partial charge in [0.15, 0.2) is 0 Å². The summed E-state index contributed by atoms with van der Waals surface area (Å²) in [7, 11) is 1.56. The van der Waals surface area contributed by atoms with E-state index >= 15 is 0 Å². The van der Waals surface area contributed by atoms with Crippen molar-refractivity contribution in [2.45, 2.75) is 0 Å². The third kappa shape index (κ3) is 2.79. The predicted octanol–water partition coefficient (Wildman–Crippen LogP) is 0.111. The lowest BCUT2D eigenvalue weighted by atomic mass is 10.4. The molecule has 0 spiro atoms. The zero-order valence-electron chi connectivity index (χ0n) is 7.27. The molecule has 0 amide bonds. The van der Waals surface area contributed by atoms with Crippen molar-refractivity contribution in [3.8, 4) is 5.75 Å². The Balaban J connectivity index is 2.58. The van der Waals surface area contributed by atoms with Crippen LogP contribution in [0.4, 0.5) is 0 Å². The van der Waals surface area contributed by atoms with Gasteiger partial charge in [-0.2, -0.15) is 4.73 Å². The fourth-order valence-corrected chi connectivity index (χ4v) is 0.786. The quantitative estimate of drug-likeness (QED) is 0.534. The van der Waals surface area contributed by atoms with Gasteiger partial charge in [-0.1, -0.05) is 0 Å². The van der Waals surface area contributed by atoms with Crippen molar-refractivity contribution >= 4 is 0 Å². The Morgan fingerprint density at radius 2 is 2.31 bits per heavy atom. The number of pyridine rings is 1. The number of hydrogen-bond donors (Lipinski definition) is 1. The normalized spacial score (nSPS) is 9.92. The SMILES string of the molecule is COCCOc1ccn(O)c(=O)c1. The summed E-state index contributed by atoms with van der Waals surface area (Å²) in [5, 5.41) is 8.84. The number of ether oxygens (including phenoxy) is 2. The number of nitrogens with zero attached hydrogens (tertiary/aromatic N) is 1. The lowest BCUT2D eigenvalue weighted by Gasteiger charge is -2.04. The van der Waals surface area contributed by atoms with Gasteiger partial charge in [0, 0.05) is 19.2 Å². The molecular weight excluding hydrogens is 174 g/mol. The van der Waals surface area contributed by atoms with Crippen molar-refractivity contribution in [3.63, 3.8) is 0 Å². The standard InChI is InChI=1S/C8H11NO4/c1-12-4-5-13-7-2-3-9(11)8(10)6-7/h2-3,6,11H,4-5H2,1H3. The molecule has 1 aromatic rings. The first-order valence-electron chi connectivity index (χ1n) is 3.78. The number of methoxy groups -OCH3 is 1. The Bertz CT molecular complexity index is 320. The maximum atomic E-state index is 10.9. The van der Waals surface area contributed by atoms with Gasteiger partial charge in [0.05, 0.1) is 12.8 Å². The Hall–Kier alpha value is -1.49. The van der Waals surface area contributed by atoms with Crippen LogP contribution in [0.25, 0.3) is 0 Å². The maximum absolute atomic E-state index is 10.9. The largest absolute Gasteiger partial charge is 0.491 e. The van der Waals surface area contributed by atoms with Gasteiger partial charge in [0.25, 0.3) is 5.56 Å². The summed E-state index contributed by atoms with van der Waals surface area (Å²) in [6.45, 7) is 0.841. The molecule has 0 fully saturated rings. The molecule has 1 rings (SSSR count). The van der Waals surface area contributed by atoms with Crippen LogP contribution in [0, 0.1) is 0 Å². The van der Waals surface area contributed by atoms with Crippen LogP contribution >= 0.6 is 0 Å². The fourth-order valence-electron chi connectivity index (χ4n) is 0.786. The minimum atomic E-state index is -0.519. The van der Waals surface area contributed by atoms with E-state index in [2.05, 4.69) is 0 Å². The third-order valence-corrected chi connectivity index (χ3v) is 1.43. The van der Waals surface area contributed by atoms with Crippen LogP contribution in [0.15, 0.2) is 23.1 Å². The van der Waals surface area contributed by atoms with Crippen molar-refractivity contribution in [2.75, 3.05) is 20.3 Å². The monoisotopic (exact) mass is 185 g/mol. The third-order valence-electron chi connectivity index (χ3n) is 1.43. The number of rotatable bonds is 4. The highest BCUT2D eigenvalue weighted by Crippen LogP contribution is 2.04. The average Bonchev–Trinajstić information content (AvgIpc) is 2.12. The lowest BCUT2D eigenvalue weighted by Crippen LogP contribution is -2.16. The molecule has 0 bridgehead atoms. The fraction of sp³-hybridized carbons (Fsp3) is 0.375. The molecule has 0 atom stereocenters. The van der Waals surface area contributed by atoms with Crippen LogP contribution in [0.5, 0.6) is 5.75 Å². The summed E-state index contributed by atoms with van der Waals surface area (Å²) in [6, 6.07) is 2.70. The molecule has 0 saturated carbocycles. The van der Waals surface area contributed by atoms with Crippen LogP contribution in [0.1, 0.15) is 0 Å². The van der Waals surface area contributed by atoms with Crippen LogP contribution in [-0.2, 0) is 4.74 Å². The van der Waals surface area contributed by atoms with Crippen LogP contribution < -0.4 is 10.3 Å². The second-order valence-electron chi connectivity index (χ2n) is 2.39. The van der Waals surface area contributed by atoms with Crippen LogP contribution in [0.3, 0.4) is 0 Å². The number of aromatic nitrogens is 1. The van der Waals surface area contributed by atoms with Gasteiger partial charge in [-0.15, -0.1) is 0 Å². The molecule has 0 saturated heterocycles. The smallest absolute Gasteiger partial charge is 0.286 e. The molecule has 0 unspecified atom stereocenters. The van der Waals surface area contributed by atoms with Crippen LogP contribution in [-0.4, -0.2) is 30.3 Å². The minimum absolute atomic E-state index is 0.380. The molecule has 13 heavy (non-hydrogen) atoms. The molecule has 5 nitrogen and oxygen atoms in total. The molecule has 1 aromatic heterocycles. The molecule has 0 aliphatic rings. The zero-order chi connectivity index (χ0) is 9.68. The first-order valence-corrected chi connectivity index (χ1v) is 3.78. The molecule has 72 valence electrons. The maximum Gasteiger partial charge on any atom is 0.286 e. The second kappa shape index (κ2) is 4.51. The van der Waals surface area contributed by atoms with Crippen molar-refractivity contribution in [3.05, 3.63) is 28.7 Å². The van der Waals surface area contributed by atoms with E-state index in [1.807, 2.05) is 0 Å². The number of hydrogen-bond acceptors (Lipinski definition) is 4. The van der Waals surface area contributed by atoms with E-state index < -0.39 is 5.56 Å². The van der Waals surface area contributed by atoms with Crippen molar-refractivity contribution in [1.82, 2.24) is 4.73 Å². The predicted molar refractivity (Wildman–Crippen MR) is 45.3 cm³/mol. The van der Waals surface area contributed by atoms with Crippen molar-refractivity contribution < 1.29 is 14.7 Å². The highest BCUT2D eigenvalue weighted by Gasteiger charge is 1.96. The minimum Gasteiger partial charge on any atom is -0.491 e. The van der Waals surface area contributed by atoms with E-state index in [1.165, 1.54) is 18.3 Å². The topological polar surface area (TPSA) is 60.7 Å². The van der Waals surface area contributed by atoms with Gasteiger partial charge in [0.2, 0.25) is 0 Å². The first-order chi connectivity index (χ1) is 6.24. The van der Waals surface area contributed by atoms with E-state index in [9.17, 15) is 4.79 Å². The highest BCUT2D eigenvalue weighted by molar-refractivity contribution is 5.17. The van der Waals surface area contributed by atoms with Gasteiger partial charge in [-0.3, -0.25) is 4.79 Å². The van der Waals surface area contributed by atoms with Gasteiger partial charge < -0.3 is 14.7 Å². The lowest BCUT2D eigenvalue weighted by molar-refractivity contribution is 0.144. The molecule has 1 heterocycles. The van der Waals surface area contributed by atoms with Gasteiger partial charge in [-0.05, 0) is 0 Å². The molecule has 0 aliphatic heterocycles. The van der Waals surface area contributed by atoms with Crippen molar-refractivity contribution in [2.24, 2.45) is 0 Å². The Kier molecular flexibility index (Phi) is 3.33. The Labute approximate surface area is 75.1 Å². The van der Waals surface area contributed by atoms with Gasteiger partial charge in [-0.25, -0.2) is 0 Å². The van der Waals surface area contributed by atoms with E-state index in [0.717, 1.165) is 0 Å². The summed E-state index contributed by atoms with van der Waals surface area (Å²) in [6.07, 6.45) is 1.23. The molecule has 0 aromatic carbocycles. The van der Waals surface area contributed by atoms with Crippen molar-refractivity contribution in [1.29, 1.82) is 0 Å². The van der Waals surface area contributed by atoms with Gasteiger partial charge in [0.1, 0.15) is 12.4 Å². The van der Waals surface area contributed by atoms with Crippen LogP contribution in [0.2, 0.25) is 0 Å². The second-order valence-corrected chi connectivity index (χ2v) is 2.39. The first kappa shape index (κ1) is 9.60. The highest BCUT2D eigenvalue weighted by atomic mass is 16.5. The van der Waals surface area contributed by atoms with E-state index in [0.29, 0.717) is 23.7 Å². The Morgan fingerprint density at radius 1 is 1.54 bits per heavy atom. The molecular formula is C8H11NO4. The average molecular weight is 185 g/mol. The summed E-state index contributed by atoms with van der Waals surface area (Å²) < 4.78 is 10.4. The Morgan fingerprint density at radius 3 is 2.92 bits per heavy atom. The van der Waals surface area contributed by atoms with E-state index in [1.54, 1.807) is 7.11 Å². The summed E-state index contributed by atoms with van der Waals surface area (Å²) in [5.74, 6) is 0.423. The zero-order valence-corrected chi connectivity index (χ0v) is 7.27. The summed E-state index contributed by atoms with van der Waals surface area (Å²) in [5.41, 5.74) is -0.519.